The summed E-state index contributed by atoms with van der Waals surface area (Å²) in [5.74, 6) is 1.01. The molecular formula is C13H21N3OS. The molecule has 0 atom stereocenters. The van der Waals surface area contributed by atoms with E-state index < -0.39 is 0 Å². The number of hydrogen-bond acceptors (Lipinski definition) is 4. The number of H-pyrrole nitrogens is 1. The first-order valence-corrected chi connectivity index (χ1v) is 7.06. The first-order valence-electron chi connectivity index (χ1n) is 6.65. The minimum absolute atomic E-state index is 0.605. The van der Waals surface area contributed by atoms with Crippen LogP contribution in [0.2, 0.25) is 0 Å². The third-order valence-corrected chi connectivity index (χ3v) is 3.79. The van der Waals surface area contributed by atoms with Gasteiger partial charge in [-0.05, 0) is 13.1 Å². The van der Waals surface area contributed by atoms with E-state index in [2.05, 4.69) is 28.7 Å². The van der Waals surface area contributed by atoms with Gasteiger partial charge in [0.2, 0.25) is 0 Å². The molecule has 0 aliphatic carbocycles. The SMILES string of the molecule is CCN(CC)CCc1nc(=S)c2c([nH]1)CCOC2. The second kappa shape index (κ2) is 6.41. The third kappa shape index (κ3) is 3.16. The normalized spacial score (nSPS) is 14.8. The number of nitrogens with zero attached hydrogens (tertiary/aromatic N) is 2. The highest BCUT2D eigenvalue weighted by Crippen LogP contribution is 2.15. The zero-order valence-corrected chi connectivity index (χ0v) is 12.0. The Kier molecular flexibility index (Phi) is 4.86. The summed E-state index contributed by atoms with van der Waals surface area (Å²) >= 11 is 5.34. The van der Waals surface area contributed by atoms with Gasteiger partial charge in [-0.15, -0.1) is 0 Å². The molecule has 0 unspecified atom stereocenters. The molecule has 1 aromatic rings. The lowest BCUT2D eigenvalue weighted by Crippen LogP contribution is -2.26. The van der Waals surface area contributed by atoms with E-state index in [4.69, 9.17) is 17.0 Å². The van der Waals surface area contributed by atoms with Crippen molar-refractivity contribution in [3.63, 3.8) is 0 Å². The summed E-state index contributed by atoms with van der Waals surface area (Å²) in [6, 6.07) is 0. The van der Waals surface area contributed by atoms with Crippen LogP contribution in [-0.2, 0) is 24.2 Å². The Labute approximate surface area is 113 Å². The lowest BCUT2D eigenvalue weighted by molar-refractivity contribution is 0.108. The maximum Gasteiger partial charge on any atom is 0.135 e. The van der Waals surface area contributed by atoms with Gasteiger partial charge >= 0.3 is 0 Å². The summed E-state index contributed by atoms with van der Waals surface area (Å²) in [6.45, 7) is 8.94. The van der Waals surface area contributed by atoms with Crippen molar-refractivity contribution in [3.8, 4) is 0 Å². The molecule has 0 bridgehead atoms. The fraction of sp³-hybridized carbons (Fsp3) is 0.692. The maximum atomic E-state index is 5.41. The van der Waals surface area contributed by atoms with E-state index in [1.807, 2.05) is 0 Å². The van der Waals surface area contributed by atoms with Crippen molar-refractivity contribution in [1.29, 1.82) is 0 Å². The molecule has 1 N–H and O–H groups in total. The summed E-state index contributed by atoms with van der Waals surface area (Å²) in [7, 11) is 0. The predicted molar refractivity (Wildman–Crippen MR) is 74.3 cm³/mol. The Morgan fingerprint density at radius 3 is 2.89 bits per heavy atom. The topological polar surface area (TPSA) is 41.2 Å². The number of likely N-dealkylation sites (N-methyl/N-ethyl adjacent to an activating group) is 1. The molecule has 2 heterocycles. The highest BCUT2D eigenvalue weighted by atomic mass is 32.1. The molecular weight excluding hydrogens is 246 g/mol. The van der Waals surface area contributed by atoms with Crippen molar-refractivity contribution in [3.05, 3.63) is 21.7 Å². The monoisotopic (exact) mass is 267 g/mol. The van der Waals surface area contributed by atoms with Crippen molar-refractivity contribution in [2.45, 2.75) is 33.3 Å². The maximum absolute atomic E-state index is 5.41. The van der Waals surface area contributed by atoms with Gasteiger partial charge in [0.15, 0.2) is 0 Å². The Morgan fingerprint density at radius 2 is 2.17 bits per heavy atom. The molecule has 1 aromatic heterocycles. The van der Waals surface area contributed by atoms with Crippen LogP contribution in [0.3, 0.4) is 0 Å². The molecule has 1 aliphatic rings. The van der Waals surface area contributed by atoms with E-state index in [1.54, 1.807) is 0 Å². The van der Waals surface area contributed by atoms with Crippen molar-refractivity contribution in [2.24, 2.45) is 0 Å². The Morgan fingerprint density at radius 1 is 1.39 bits per heavy atom. The quantitative estimate of drug-likeness (QED) is 0.830. The van der Waals surface area contributed by atoms with Gasteiger partial charge in [-0.2, -0.15) is 0 Å². The van der Waals surface area contributed by atoms with E-state index in [1.165, 1.54) is 5.69 Å². The van der Waals surface area contributed by atoms with Gasteiger partial charge in [0.05, 0.1) is 13.2 Å². The van der Waals surface area contributed by atoms with Gasteiger partial charge < -0.3 is 14.6 Å². The third-order valence-electron chi connectivity index (χ3n) is 3.46. The smallest absolute Gasteiger partial charge is 0.135 e. The molecule has 0 amide bonds. The highest BCUT2D eigenvalue weighted by molar-refractivity contribution is 7.71. The van der Waals surface area contributed by atoms with Gasteiger partial charge in [0.1, 0.15) is 10.5 Å². The molecule has 100 valence electrons. The molecule has 0 radical (unpaired) electrons. The zero-order valence-electron chi connectivity index (χ0n) is 11.2. The van der Waals surface area contributed by atoms with Crippen LogP contribution in [0.15, 0.2) is 0 Å². The van der Waals surface area contributed by atoms with Crippen LogP contribution in [0.5, 0.6) is 0 Å². The van der Waals surface area contributed by atoms with E-state index in [0.717, 1.165) is 50.5 Å². The van der Waals surface area contributed by atoms with Gasteiger partial charge in [-0.25, -0.2) is 4.98 Å². The van der Waals surface area contributed by atoms with Crippen LogP contribution >= 0.6 is 12.2 Å². The number of aromatic amines is 1. The summed E-state index contributed by atoms with van der Waals surface area (Å²) in [6.07, 6.45) is 1.85. The number of fused-ring (bicyclic) bond motifs is 1. The predicted octanol–water partition coefficient (Wildman–Crippen LogP) is 2.10. The summed E-state index contributed by atoms with van der Waals surface area (Å²) in [4.78, 5) is 10.3. The van der Waals surface area contributed by atoms with Gasteiger partial charge in [0, 0.05) is 30.6 Å². The van der Waals surface area contributed by atoms with E-state index in [9.17, 15) is 0 Å². The molecule has 0 spiro atoms. The fourth-order valence-electron chi connectivity index (χ4n) is 2.23. The summed E-state index contributed by atoms with van der Waals surface area (Å²) in [5, 5.41) is 0. The molecule has 2 rings (SSSR count). The second-order valence-corrected chi connectivity index (χ2v) is 4.91. The number of hydrogen-bond donors (Lipinski definition) is 1. The first kappa shape index (κ1) is 13.6. The summed E-state index contributed by atoms with van der Waals surface area (Å²) < 4.78 is 6.12. The lowest BCUT2D eigenvalue weighted by atomic mass is 10.1. The largest absolute Gasteiger partial charge is 0.376 e. The molecule has 1 aliphatic heterocycles. The van der Waals surface area contributed by atoms with Gasteiger partial charge in [-0.3, -0.25) is 0 Å². The molecule has 0 saturated heterocycles. The Balaban J connectivity index is 2.10. The van der Waals surface area contributed by atoms with Crippen molar-refractivity contribution < 1.29 is 4.74 Å². The average molecular weight is 267 g/mol. The fourth-order valence-corrected chi connectivity index (χ4v) is 2.52. The average Bonchev–Trinajstić information content (AvgIpc) is 2.40. The molecule has 0 saturated carbocycles. The van der Waals surface area contributed by atoms with E-state index >= 15 is 0 Å². The van der Waals surface area contributed by atoms with Crippen LogP contribution < -0.4 is 0 Å². The molecule has 0 fully saturated rings. The standard InChI is InChI=1S/C13H21N3OS/c1-3-16(4-2)7-5-12-14-11-6-8-17-9-10(11)13(18)15-12/h3-9H2,1-2H3,(H,14,15,18). The lowest BCUT2D eigenvalue weighted by Gasteiger charge is -2.19. The van der Waals surface area contributed by atoms with Crippen LogP contribution in [0, 0.1) is 4.64 Å². The minimum atomic E-state index is 0.605. The molecule has 18 heavy (non-hydrogen) atoms. The van der Waals surface area contributed by atoms with E-state index in [-0.39, 0.29) is 0 Å². The molecule has 4 nitrogen and oxygen atoms in total. The Hall–Kier alpha value is -0.780. The number of ether oxygens (including phenoxy) is 1. The van der Waals surface area contributed by atoms with Gasteiger partial charge in [0.25, 0.3) is 0 Å². The van der Waals surface area contributed by atoms with Crippen LogP contribution in [0.4, 0.5) is 0 Å². The Bertz CT molecular complexity index is 454. The summed E-state index contributed by atoms with van der Waals surface area (Å²) in [5.41, 5.74) is 2.29. The van der Waals surface area contributed by atoms with Crippen LogP contribution in [-0.4, -0.2) is 41.1 Å². The zero-order chi connectivity index (χ0) is 13.0. The van der Waals surface area contributed by atoms with Crippen molar-refractivity contribution in [2.75, 3.05) is 26.2 Å². The van der Waals surface area contributed by atoms with Crippen molar-refractivity contribution >= 4 is 12.2 Å². The van der Waals surface area contributed by atoms with Crippen molar-refractivity contribution in [1.82, 2.24) is 14.9 Å². The van der Waals surface area contributed by atoms with E-state index in [0.29, 0.717) is 11.2 Å². The number of aromatic nitrogens is 2. The number of rotatable bonds is 5. The molecule has 0 aromatic carbocycles. The first-order chi connectivity index (χ1) is 8.74. The molecule has 5 heteroatoms. The minimum Gasteiger partial charge on any atom is -0.376 e. The van der Waals surface area contributed by atoms with Crippen LogP contribution in [0.1, 0.15) is 30.9 Å². The second-order valence-electron chi connectivity index (χ2n) is 4.53. The highest BCUT2D eigenvalue weighted by Gasteiger charge is 2.13. The van der Waals surface area contributed by atoms with Crippen LogP contribution in [0.25, 0.3) is 0 Å². The number of nitrogens with one attached hydrogen (secondary N) is 1. The van der Waals surface area contributed by atoms with Gasteiger partial charge in [-0.1, -0.05) is 26.1 Å².